The normalized spacial score (nSPS) is 11.1. The fourth-order valence-electron chi connectivity index (χ4n) is 2.38. The highest BCUT2D eigenvalue weighted by atomic mass is 16.5. The van der Waals surface area contributed by atoms with Crippen molar-refractivity contribution in [2.24, 2.45) is 0 Å². The lowest BCUT2D eigenvalue weighted by molar-refractivity contribution is 0.199. The summed E-state index contributed by atoms with van der Waals surface area (Å²) in [5.41, 5.74) is 4.05. The molecule has 0 radical (unpaired) electrons. The second kappa shape index (κ2) is 8.98. The number of rotatable bonds is 9. The zero-order chi connectivity index (χ0) is 15.0. The fourth-order valence-corrected chi connectivity index (χ4v) is 2.38. The summed E-state index contributed by atoms with van der Waals surface area (Å²) >= 11 is 0. The van der Waals surface area contributed by atoms with Gasteiger partial charge < -0.3 is 15.0 Å². The van der Waals surface area contributed by atoms with Crippen LogP contribution in [-0.2, 0) is 11.3 Å². The number of aryl methyl sites for hydroxylation is 1. The maximum Gasteiger partial charge on any atom is 0.0587 e. The van der Waals surface area contributed by atoms with Crippen LogP contribution < -0.4 is 10.2 Å². The predicted octanol–water partition coefficient (Wildman–Crippen LogP) is 3.36. The summed E-state index contributed by atoms with van der Waals surface area (Å²) in [5.74, 6) is 0. The Balaban J connectivity index is 2.70. The van der Waals surface area contributed by atoms with Crippen molar-refractivity contribution in [1.82, 2.24) is 5.32 Å². The Morgan fingerprint density at radius 2 is 2.05 bits per heavy atom. The highest BCUT2D eigenvalue weighted by molar-refractivity contribution is 5.51. The van der Waals surface area contributed by atoms with E-state index in [9.17, 15) is 0 Å². The third-order valence-electron chi connectivity index (χ3n) is 3.54. The topological polar surface area (TPSA) is 24.5 Å². The van der Waals surface area contributed by atoms with Crippen LogP contribution in [0.1, 0.15) is 38.3 Å². The van der Waals surface area contributed by atoms with Gasteiger partial charge in [-0.2, -0.15) is 0 Å². The van der Waals surface area contributed by atoms with Crippen LogP contribution in [0.3, 0.4) is 0 Å². The Bertz CT molecular complexity index is 391. The largest absolute Gasteiger partial charge is 0.383 e. The van der Waals surface area contributed by atoms with Crippen LogP contribution in [0.5, 0.6) is 0 Å². The number of anilines is 1. The molecule has 0 aromatic heterocycles. The monoisotopic (exact) mass is 278 g/mol. The van der Waals surface area contributed by atoms with E-state index in [1.165, 1.54) is 23.2 Å². The lowest BCUT2D eigenvalue weighted by Gasteiger charge is -2.29. The molecule has 0 fully saturated rings. The van der Waals surface area contributed by atoms with E-state index in [-0.39, 0.29) is 0 Å². The average molecular weight is 278 g/mol. The number of hydrogen-bond acceptors (Lipinski definition) is 3. The molecular weight excluding hydrogens is 248 g/mol. The number of benzene rings is 1. The van der Waals surface area contributed by atoms with E-state index >= 15 is 0 Å². The van der Waals surface area contributed by atoms with E-state index < -0.39 is 0 Å². The molecule has 0 amide bonds. The van der Waals surface area contributed by atoms with E-state index in [4.69, 9.17) is 4.74 Å². The first-order valence-corrected chi connectivity index (χ1v) is 7.66. The van der Waals surface area contributed by atoms with Crippen molar-refractivity contribution in [3.8, 4) is 0 Å². The number of hydrogen-bond donors (Lipinski definition) is 1. The van der Waals surface area contributed by atoms with Gasteiger partial charge in [0.05, 0.1) is 6.61 Å². The maximum absolute atomic E-state index is 5.04. The van der Waals surface area contributed by atoms with E-state index in [1.54, 1.807) is 7.11 Å². The summed E-state index contributed by atoms with van der Waals surface area (Å²) in [6.45, 7) is 12.6. The second-order valence-corrected chi connectivity index (χ2v) is 5.57. The Hall–Kier alpha value is -1.06. The third-order valence-corrected chi connectivity index (χ3v) is 3.54. The van der Waals surface area contributed by atoms with Gasteiger partial charge in [0.25, 0.3) is 0 Å². The molecule has 0 aliphatic heterocycles. The minimum atomic E-state index is 0.542. The first kappa shape index (κ1) is 17.0. The van der Waals surface area contributed by atoms with Crippen LogP contribution in [0.25, 0.3) is 0 Å². The minimum absolute atomic E-state index is 0.542. The fraction of sp³-hybridized carbons (Fsp3) is 0.647. The van der Waals surface area contributed by atoms with Gasteiger partial charge in [-0.05, 0) is 50.5 Å². The van der Waals surface area contributed by atoms with Gasteiger partial charge in [-0.3, -0.25) is 0 Å². The van der Waals surface area contributed by atoms with Crippen molar-refractivity contribution in [1.29, 1.82) is 0 Å². The zero-order valence-electron chi connectivity index (χ0n) is 13.7. The zero-order valence-corrected chi connectivity index (χ0v) is 13.7. The molecule has 0 saturated heterocycles. The van der Waals surface area contributed by atoms with Gasteiger partial charge >= 0.3 is 0 Å². The van der Waals surface area contributed by atoms with Crippen LogP contribution in [0, 0.1) is 6.92 Å². The van der Waals surface area contributed by atoms with Crippen LogP contribution in [0.4, 0.5) is 5.69 Å². The van der Waals surface area contributed by atoms with Crippen LogP contribution >= 0.6 is 0 Å². The minimum Gasteiger partial charge on any atom is -0.383 e. The molecule has 0 aliphatic rings. The summed E-state index contributed by atoms with van der Waals surface area (Å²) in [4.78, 5) is 2.47. The van der Waals surface area contributed by atoms with E-state index in [1.807, 2.05) is 0 Å². The number of nitrogens with one attached hydrogen (secondary N) is 1. The number of ether oxygens (including phenoxy) is 1. The van der Waals surface area contributed by atoms with Gasteiger partial charge in [0.15, 0.2) is 0 Å². The van der Waals surface area contributed by atoms with Crippen LogP contribution in [0.15, 0.2) is 18.2 Å². The van der Waals surface area contributed by atoms with Crippen molar-refractivity contribution in [3.05, 3.63) is 29.3 Å². The molecule has 1 aromatic carbocycles. The SMILES string of the molecule is CCCN(c1ccc(CNCCOC)c(C)c1)C(C)C. The maximum atomic E-state index is 5.04. The molecule has 1 N–H and O–H groups in total. The lowest BCUT2D eigenvalue weighted by atomic mass is 10.1. The molecule has 3 heteroatoms. The van der Waals surface area contributed by atoms with Crippen LogP contribution in [0.2, 0.25) is 0 Å². The molecule has 0 bridgehead atoms. The van der Waals surface area contributed by atoms with Crippen molar-refractivity contribution in [3.63, 3.8) is 0 Å². The molecule has 1 aromatic rings. The molecule has 0 atom stereocenters. The molecule has 0 unspecified atom stereocenters. The predicted molar refractivity (Wildman–Crippen MR) is 87.5 cm³/mol. The quantitative estimate of drug-likeness (QED) is 0.701. The average Bonchev–Trinajstić information content (AvgIpc) is 2.42. The highest BCUT2D eigenvalue weighted by Crippen LogP contribution is 2.21. The van der Waals surface area contributed by atoms with Gasteiger partial charge in [0.2, 0.25) is 0 Å². The van der Waals surface area contributed by atoms with E-state index in [2.05, 4.69) is 56.1 Å². The van der Waals surface area contributed by atoms with Crippen molar-refractivity contribution in [2.75, 3.05) is 31.7 Å². The molecule has 1 rings (SSSR count). The van der Waals surface area contributed by atoms with Crippen molar-refractivity contribution in [2.45, 2.75) is 46.7 Å². The summed E-state index contributed by atoms with van der Waals surface area (Å²) in [5, 5.41) is 3.40. The number of methoxy groups -OCH3 is 1. The van der Waals surface area contributed by atoms with Gasteiger partial charge in [-0.15, -0.1) is 0 Å². The molecule has 0 heterocycles. The summed E-state index contributed by atoms with van der Waals surface area (Å²) in [7, 11) is 1.73. The van der Waals surface area contributed by atoms with Gasteiger partial charge in [0.1, 0.15) is 0 Å². The molecule has 114 valence electrons. The molecule has 0 aliphatic carbocycles. The van der Waals surface area contributed by atoms with E-state index in [0.717, 1.165) is 26.2 Å². The van der Waals surface area contributed by atoms with E-state index in [0.29, 0.717) is 6.04 Å². The Labute approximate surface area is 124 Å². The smallest absolute Gasteiger partial charge is 0.0587 e. The lowest BCUT2D eigenvalue weighted by Crippen LogP contribution is -2.31. The highest BCUT2D eigenvalue weighted by Gasteiger charge is 2.10. The van der Waals surface area contributed by atoms with Crippen molar-refractivity contribution < 1.29 is 4.74 Å². The summed E-state index contributed by atoms with van der Waals surface area (Å²) in [6, 6.07) is 7.34. The molecule has 0 spiro atoms. The Morgan fingerprint density at radius 3 is 2.60 bits per heavy atom. The standard InChI is InChI=1S/C17H30N2O/c1-6-10-19(14(2)3)17-8-7-16(15(4)12-17)13-18-9-11-20-5/h7-8,12,14,18H,6,9-11,13H2,1-5H3. The Morgan fingerprint density at radius 1 is 1.30 bits per heavy atom. The molecule has 0 saturated carbocycles. The molecule has 20 heavy (non-hydrogen) atoms. The Kier molecular flexibility index (Phi) is 7.63. The molecule has 3 nitrogen and oxygen atoms in total. The third kappa shape index (κ3) is 5.14. The summed E-state index contributed by atoms with van der Waals surface area (Å²) < 4.78 is 5.04. The van der Waals surface area contributed by atoms with Gasteiger partial charge in [-0.1, -0.05) is 13.0 Å². The van der Waals surface area contributed by atoms with Gasteiger partial charge in [-0.25, -0.2) is 0 Å². The van der Waals surface area contributed by atoms with Crippen LogP contribution in [-0.4, -0.2) is 32.8 Å². The first-order chi connectivity index (χ1) is 9.60. The number of nitrogens with zero attached hydrogens (tertiary/aromatic N) is 1. The van der Waals surface area contributed by atoms with Gasteiger partial charge in [0, 0.05) is 38.5 Å². The second-order valence-electron chi connectivity index (χ2n) is 5.57. The van der Waals surface area contributed by atoms with Crippen molar-refractivity contribution >= 4 is 5.69 Å². The first-order valence-electron chi connectivity index (χ1n) is 7.66. The molecular formula is C17H30N2O. The summed E-state index contributed by atoms with van der Waals surface area (Å²) in [6.07, 6.45) is 1.18.